The van der Waals surface area contributed by atoms with Crippen LogP contribution in [0.25, 0.3) is 0 Å². The number of anilines is 1. The van der Waals surface area contributed by atoms with Gasteiger partial charge < -0.3 is 5.32 Å². The number of benzene rings is 1. The first-order chi connectivity index (χ1) is 8.29. The van der Waals surface area contributed by atoms with Gasteiger partial charge in [0.05, 0.1) is 0 Å². The molecule has 0 saturated heterocycles. The molecule has 0 fully saturated rings. The number of aromatic nitrogens is 3. The number of aromatic amines is 1. The van der Waals surface area contributed by atoms with Crippen molar-refractivity contribution in [2.45, 2.75) is 19.8 Å². The van der Waals surface area contributed by atoms with Crippen molar-refractivity contribution in [2.75, 3.05) is 5.32 Å². The van der Waals surface area contributed by atoms with Crippen molar-refractivity contribution in [3.63, 3.8) is 0 Å². The molecule has 2 N–H and O–H groups in total. The number of amides is 1. The van der Waals surface area contributed by atoms with Crippen molar-refractivity contribution in [2.24, 2.45) is 0 Å². The summed E-state index contributed by atoms with van der Waals surface area (Å²) >= 11 is 0. The number of rotatable bonds is 4. The number of hydrogen-bond donors (Lipinski definition) is 2. The number of H-pyrrole nitrogens is 1. The molecule has 0 atom stereocenters. The number of nitrogens with zero attached hydrogens (tertiary/aromatic N) is 2. The Morgan fingerprint density at radius 3 is 2.71 bits per heavy atom. The summed E-state index contributed by atoms with van der Waals surface area (Å²) in [6.45, 7) is 2.14. The number of hydrogen-bond acceptors (Lipinski definition) is 3. The highest BCUT2D eigenvalue weighted by Gasteiger charge is 2.08. The fourth-order valence-corrected chi connectivity index (χ4v) is 1.55. The van der Waals surface area contributed by atoms with Crippen LogP contribution in [0.4, 0.5) is 5.69 Å². The molecule has 0 aliphatic carbocycles. The summed E-state index contributed by atoms with van der Waals surface area (Å²) < 4.78 is 0. The SMILES string of the molecule is CCCc1ccc(NC(=O)c2ncn[nH]2)cc1. The normalized spacial score (nSPS) is 10.2. The molecule has 0 aliphatic heterocycles. The van der Waals surface area contributed by atoms with E-state index in [0.29, 0.717) is 0 Å². The molecule has 0 unspecified atom stereocenters. The Morgan fingerprint density at radius 1 is 1.35 bits per heavy atom. The second-order valence-corrected chi connectivity index (χ2v) is 3.74. The Balaban J connectivity index is 2.01. The lowest BCUT2D eigenvalue weighted by atomic mass is 10.1. The Morgan fingerprint density at radius 2 is 2.12 bits per heavy atom. The lowest BCUT2D eigenvalue weighted by Gasteiger charge is -2.04. The molecule has 2 aromatic rings. The lowest BCUT2D eigenvalue weighted by molar-refractivity contribution is 0.101. The molecule has 0 radical (unpaired) electrons. The number of nitrogens with one attached hydrogen (secondary N) is 2. The van der Waals surface area contributed by atoms with Crippen molar-refractivity contribution in [3.8, 4) is 0 Å². The van der Waals surface area contributed by atoms with Crippen LogP contribution in [-0.2, 0) is 6.42 Å². The molecule has 0 saturated carbocycles. The molecule has 1 aromatic heterocycles. The first kappa shape index (κ1) is 11.3. The topological polar surface area (TPSA) is 70.7 Å². The second-order valence-electron chi connectivity index (χ2n) is 3.74. The third-order valence-electron chi connectivity index (χ3n) is 2.38. The van der Waals surface area contributed by atoms with Gasteiger partial charge in [0.1, 0.15) is 6.33 Å². The fraction of sp³-hybridized carbons (Fsp3) is 0.250. The van der Waals surface area contributed by atoms with Gasteiger partial charge in [0.25, 0.3) is 5.91 Å². The predicted molar refractivity (Wildman–Crippen MR) is 64.8 cm³/mol. The standard InChI is InChI=1S/C12H14N4O/c1-2-3-9-4-6-10(7-5-9)15-12(17)11-13-8-14-16-11/h4-8H,2-3H2,1H3,(H,15,17)(H,13,14,16). The molecule has 5 heteroatoms. The van der Waals surface area contributed by atoms with E-state index in [1.807, 2.05) is 24.3 Å². The van der Waals surface area contributed by atoms with Crippen molar-refractivity contribution in [1.29, 1.82) is 0 Å². The fourth-order valence-electron chi connectivity index (χ4n) is 1.55. The van der Waals surface area contributed by atoms with Crippen LogP contribution in [0.5, 0.6) is 0 Å². The minimum Gasteiger partial charge on any atom is -0.319 e. The highest BCUT2D eigenvalue weighted by Crippen LogP contribution is 2.11. The maximum Gasteiger partial charge on any atom is 0.292 e. The quantitative estimate of drug-likeness (QED) is 0.844. The van der Waals surface area contributed by atoms with Crippen LogP contribution in [0.15, 0.2) is 30.6 Å². The van der Waals surface area contributed by atoms with Crippen LogP contribution in [0.3, 0.4) is 0 Å². The Hall–Kier alpha value is -2.17. The van der Waals surface area contributed by atoms with E-state index < -0.39 is 0 Å². The largest absolute Gasteiger partial charge is 0.319 e. The maximum atomic E-state index is 11.6. The Labute approximate surface area is 99.3 Å². The zero-order chi connectivity index (χ0) is 12.1. The average Bonchev–Trinajstić information content (AvgIpc) is 2.86. The predicted octanol–water partition coefficient (Wildman–Crippen LogP) is 2.01. The zero-order valence-corrected chi connectivity index (χ0v) is 9.60. The van der Waals surface area contributed by atoms with Crippen molar-refractivity contribution < 1.29 is 4.79 Å². The van der Waals surface area contributed by atoms with Crippen LogP contribution in [0.2, 0.25) is 0 Å². The Kier molecular flexibility index (Phi) is 3.49. The smallest absolute Gasteiger partial charge is 0.292 e. The van der Waals surface area contributed by atoms with E-state index in [1.165, 1.54) is 11.9 Å². The van der Waals surface area contributed by atoms with E-state index >= 15 is 0 Å². The molecular weight excluding hydrogens is 216 g/mol. The third kappa shape index (κ3) is 2.90. The molecule has 2 rings (SSSR count). The lowest BCUT2D eigenvalue weighted by Crippen LogP contribution is -2.13. The van der Waals surface area contributed by atoms with Gasteiger partial charge in [-0.15, -0.1) is 0 Å². The highest BCUT2D eigenvalue weighted by atomic mass is 16.2. The molecule has 1 amide bonds. The van der Waals surface area contributed by atoms with Gasteiger partial charge in [-0.2, -0.15) is 5.10 Å². The van der Waals surface area contributed by atoms with Crippen molar-refractivity contribution in [3.05, 3.63) is 42.0 Å². The van der Waals surface area contributed by atoms with E-state index in [9.17, 15) is 4.79 Å². The molecule has 17 heavy (non-hydrogen) atoms. The average molecular weight is 230 g/mol. The molecule has 0 spiro atoms. The minimum atomic E-state index is -0.286. The van der Waals surface area contributed by atoms with E-state index in [1.54, 1.807) is 0 Å². The molecule has 0 aliphatic rings. The first-order valence-electron chi connectivity index (χ1n) is 5.55. The maximum absolute atomic E-state index is 11.6. The monoisotopic (exact) mass is 230 g/mol. The van der Waals surface area contributed by atoms with Crippen LogP contribution in [0.1, 0.15) is 29.5 Å². The number of aryl methyl sites for hydroxylation is 1. The van der Waals surface area contributed by atoms with Gasteiger partial charge in [0.15, 0.2) is 0 Å². The van der Waals surface area contributed by atoms with Gasteiger partial charge in [0.2, 0.25) is 5.82 Å². The van der Waals surface area contributed by atoms with Gasteiger partial charge in [-0.05, 0) is 24.1 Å². The number of carbonyl (C=O) groups excluding carboxylic acids is 1. The van der Waals surface area contributed by atoms with Gasteiger partial charge in [-0.1, -0.05) is 25.5 Å². The molecule has 0 bridgehead atoms. The summed E-state index contributed by atoms with van der Waals surface area (Å²) in [5.74, 6) is -0.0756. The minimum absolute atomic E-state index is 0.211. The molecule has 88 valence electrons. The van der Waals surface area contributed by atoms with E-state index in [-0.39, 0.29) is 11.7 Å². The van der Waals surface area contributed by atoms with Crippen LogP contribution in [0, 0.1) is 0 Å². The van der Waals surface area contributed by atoms with Crippen molar-refractivity contribution >= 4 is 11.6 Å². The van der Waals surface area contributed by atoms with Gasteiger partial charge in [-0.3, -0.25) is 9.89 Å². The summed E-state index contributed by atoms with van der Waals surface area (Å²) in [7, 11) is 0. The summed E-state index contributed by atoms with van der Waals surface area (Å²) in [6.07, 6.45) is 3.47. The second kappa shape index (κ2) is 5.25. The summed E-state index contributed by atoms with van der Waals surface area (Å²) in [5.41, 5.74) is 2.02. The summed E-state index contributed by atoms with van der Waals surface area (Å²) in [4.78, 5) is 15.4. The Bertz CT molecular complexity index is 476. The summed E-state index contributed by atoms with van der Waals surface area (Å²) in [6, 6.07) is 7.80. The van der Waals surface area contributed by atoms with Gasteiger partial charge >= 0.3 is 0 Å². The van der Waals surface area contributed by atoms with Crippen molar-refractivity contribution in [1.82, 2.24) is 15.2 Å². The number of carbonyl (C=O) groups is 1. The molecule has 1 aromatic carbocycles. The third-order valence-corrected chi connectivity index (χ3v) is 2.38. The molecular formula is C12H14N4O. The van der Waals surface area contributed by atoms with Gasteiger partial charge in [-0.25, -0.2) is 4.98 Å². The van der Waals surface area contributed by atoms with Gasteiger partial charge in [0, 0.05) is 5.69 Å². The zero-order valence-electron chi connectivity index (χ0n) is 9.60. The van der Waals surface area contributed by atoms with Crippen LogP contribution in [-0.4, -0.2) is 21.1 Å². The van der Waals surface area contributed by atoms with Crippen LogP contribution >= 0.6 is 0 Å². The van der Waals surface area contributed by atoms with E-state index in [0.717, 1.165) is 18.5 Å². The summed E-state index contributed by atoms with van der Waals surface area (Å²) in [5, 5.41) is 8.88. The van der Waals surface area contributed by atoms with E-state index in [4.69, 9.17) is 0 Å². The highest BCUT2D eigenvalue weighted by molar-refractivity contribution is 6.01. The molecule has 5 nitrogen and oxygen atoms in total. The first-order valence-corrected chi connectivity index (χ1v) is 5.55. The van der Waals surface area contributed by atoms with E-state index in [2.05, 4.69) is 27.4 Å². The molecule has 1 heterocycles. The van der Waals surface area contributed by atoms with Crippen LogP contribution < -0.4 is 5.32 Å².